The Hall–Kier alpha value is -6.17. The first kappa shape index (κ1) is 43.9. The molecule has 15 nitrogen and oxygen atoms in total. The summed E-state index contributed by atoms with van der Waals surface area (Å²) < 4.78 is 50.3. The van der Waals surface area contributed by atoms with E-state index >= 15 is 0 Å². The number of alkyl carbamates (subject to hydrolysis) is 1. The molecule has 5 heterocycles. The summed E-state index contributed by atoms with van der Waals surface area (Å²) in [5, 5.41) is 8.69. The number of ether oxygens (including phenoxy) is 2. The predicted octanol–water partition coefficient (Wildman–Crippen LogP) is 6.51. The zero-order valence-electron chi connectivity index (χ0n) is 35.3. The zero-order chi connectivity index (χ0) is 44.3. The Bertz CT molecular complexity index is 2260. The van der Waals surface area contributed by atoms with Gasteiger partial charge in [-0.15, -0.1) is 13.2 Å². The second kappa shape index (κ2) is 18.0. The Labute approximate surface area is 357 Å². The number of likely N-dealkylation sites (tertiary alicyclic amines) is 1. The molecule has 0 unspecified atom stereocenters. The number of aromatic nitrogens is 3. The SMILES string of the molecule is COC(=O)N[C@H](C(=O)N1CCC[C@H]1c1ncc(-c2ccc(-c3ccc(C(=O)Nc4ccc(N5CCN(C(=O)[C@@]6(C)CCCN6)C[C@H]5C)nc4)cc3OC(F)(F)F)cc2)[nH]1)C(C)C. The molecule has 62 heavy (non-hydrogen) atoms. The first-order valence-electron chi connectivity index (χ1n) is 20.8. The molecule has 3 aliphatic rings. The van der Waals surface area contributed by atoms with Crippen molar-refractivity contribution in [2.75, 3.05) is 50.1 Å². The number of imidazole rings is 1. The fraction of sp³-hybridized carbons (Fsp3) is 0.455. The van der Waals surface area contributed by atoms with E-state index in [4.69, 9.17) is 4.74 Å². The van der Waals surface area contributed by atoms with Gasteiger partial charge in [0.2, 0.25) is 11.8 Å². The van der Waals surface area contributed by atoms with Gasteiger partial charge in [0, 0.05) is 43.3 Å². The van der Waals surface area contributed by atoms with Crippen molar-refractivity contribution in [2.45, 2.75) is 83.4 Å². The van der Waals surface area contributed by atoms with Gasteiger partial charge in [-0.3, -0.25) is 14.4 Å². The lowest BCUT2D eigenvalue weighted by molar-refractivity contribution is -0.274. The molecule has 3 fully saturated rings. The van der Waals surface area contributed by atoms with Crippen LogP contribution in [0.25, 0.3) is 22.4 Å². The molecule has 2 aromatic carbocycles. The van der Waals surface area contributed by atoms with E-state index in [1.807, 2.05) is 32.6 Å². The van der Waals surface area contributed by atoms with Gasteiger partial charge in [0.25, 0.3) is 5.91 Å². The van der Waals surface area contributed by atoms with Crippen molar-refractivity contribution in [1.29, 1.82) is 0 Å². The van der Waals surface area contributed by atoms with Gasteiger partial charge in [0.15, 0.2) is 0 Å². The fourth-order valence-corrected chi connectivity index (χ4v) is 8.53. The molecule has 4 atom stereocenters. The summed E-state index contributed by atoms with van der Waals surface area (Å²) in [5.41, 5.74) is 1.62. The summed E-state index contributed by atoms with van der Waals surface area (Å²) in [4.78, 5) is 70.2. The van der Waals surface area contributed by atoms with E-state index < -0.39 is 35.7 Å². The van der Waals surface area contributed by atoms with Crippen LogP contribution in [0.5, 0.6) is 5.75 Å². The molecule has 4 N–H and O–H groups in total. The number of carbonyl (C=O) groups is 4. The number of carbonyl (C=O) groups excluding carboxylic acids is 4. The number of H-pyrrole nitrogens is 1. The standard InChI is InChI=1S/C44H52F3N9O6/c1-26(2)37(53-42(60)61-5)40(58)56-19-6-8-34(56)38-49-24-33(52-38)29-11-9-28(10-12-29)32-15-13-30(22-35(32)62-44(45,46)47)39(57)51-31-14-16-36(48-23-31)55-21-20-54(25-27(55)3)41(59)43(4)17-7-18-50-43/h9-16,22-24,26-27,34,37,50H,6-8,17-21,25H2,1-5H3,(H,49,52)(H,51,57)(H,53,60)/t27-,34+,37+,43-/m1/s1. The van der Waals surface area contributed by atoms with Crippen molar-refractivity contribution >= 4 is 35.3 Å². The molecular formula is C44H52F3N9O6. The lowest BCUT2D eigenvalue weighted by atomic mass is 9.97. The highest BCUT2D eigenvalue weighted by molar-refractivity contribution is 6.05. The number of amides is 4. The maximum atomic E-state index is 13.7. The summed E-state index contributed by atoms with van der Waals surface area (Å²) in [6.07, 6.45) is 0.599. The van der Waals surface area contributed by atoms with Gasteiger partial charge in [-0.1, -0.05) is 38.1 Å². The summed E-state index contributed by atoms with van der Waals surface area (Å²) in [7, 11) is 1.24. The van der Waals surface area contributed by atoms with E-state index in [-0.39, 0.29) is 40.9 Å². The van der Waals surface area contributed by atoms with Crippen molar-refractivity contribution < 1.29 is 41.8 Å². The van der Waals surface area contributed by atoms with E-state index in [0.717, 1.165) is 31.9 Å². The first-order chi connectivity index (χ1) is 29.5. The van der Waals surface area contributed by atoms with Crippen molar-refractivity contribution in [2.24, 2.45) is 5.92 Å². The summed E-state index contributed by atoms with van der Waals surface area (Å²) in [5.74, 6) is -0.265. The largest absolute Gasteiger partial charge is 0.573 e. The second-order valence-corrected chi connectivity index (χ2v) is 16.6. The van der Waals surface area contributed by atoms with Gasteiger partial charge in [-0.2, -0.15) is 0 Å². The lowest BCUT2D eigenvalue weighted by Gasteiger charge is -2.43. The minimum Gasteiger partial charge on any atom is -0.453 e. The number of nitrogens with zero attached hydrogens (tertiary/aromatic N) is 5. The van der Waals surface area contributed by atoms with Crippen LogP contribution in [0.1, 0.15) is 75.6 Å². The minimum atomic E-state index is -5.03. The predicted molar refractivity (Wildman–Crippen MR) is 225 cm³/mol. The highest BCUT2D eigenvalue weighted by atomic mass is 19.4. The van der Waals surface area contributed by atoms with Gasteiger partial charge in [-0.25, -0.2) is 14.8 Å². The monoisotopic (exact) mass is 859 g/mol. The number of hydrogen-bond donors (Lipinski definition) is 4. The van der Waals surface area contributed by atoms with Crippen LogP contribution in [-0.4, -0.2) is 112 Å². The molecule has 2 aromatic heterocycles. The van der Waals surface area contributed by atoms with E-state index in [1.54, 1.807) is 47.5 Å². The van der Waals surface area contributed by atoms with Crippen LogP contribution >= 0.6 is 0 Å². The molecule has 4 aromatic rings. The zero-order valence-corrected chi connectivity index (χ0v) is 35.3. The van der Waals surface area contributed by atoms with Crippen molar-refractivity contribution in [1.82, 2.24) is 35.4 Å². The van der Waals surface area contributed by atoms with Gasteiger partial charge in [0.1, 0.15) is 23.4 Å². The lowest BCUT2D eigenvalue weighted by Crippen LogP contribution is -2.60. The van der Waals surface area contributed by atoms with Crippen LogP contribution in [0.3, 0.4) is 0 Å². The molecule has 0 bridgehead atoms. The highest BCUT2D eigenvalue weighted by Gasteiger charge is 2.41. The molecule has 18 heteroatoms. The van der Waals surface area contributed by atoms with E-state index in [0.29, 0.717) is 66.8 Å². The number of aromatic amines is 1. The van der Waals surface area contributed by atoms with Crippen molar-refractivity contribution in [3.8, 4) is 28.1 Å². The number of nitrogens with one attached hydrogen (secondary N) is 4. The number of benzene rings is 2. The normalized spacial score (nSPS) is 20.9. The molecule has 0 radical (unpaired) electrons. The molecule has 4 amide bonds. The van der Waals surface area contributed by atoms with Crippen LogP contribution in [0, 0.1) is 5.92 Å². The summed E-state index contributed by atoms with van der Waals surface area (Å²) in [6.45, 7) is 10.7. The Morgan fingerprint density at radius 1 is 0.952 bits per heavy atom. The number of pyridine rings is 1. The molecule has 7 rings (SSSR count). The maximum Gasteiger partial charge on any atom is 0.573 e. The Balaban J connectivity index is 1.01. The smallest absolute Gasteiger partial charge is 0.453 e. The van der Waals surface area contributed by atoms with Crippen LogP contribution < -0.4 is 25.6 Å². The van der Waals surface area contributed by atoms with E-state index in [2.05, 4.69) is 40.5 Å². The van der Waals surface area contributed by atoms with Crippen LogP contribution in [-0.2, 0) is 14.3 Å². The third-order valence-corrected chi connectivity index (χ3v) is 11.9. The van der Waals surface area contributed by atoms with Crippen molar-refractivity contribution in [3.05, 3.63) is 78.4 Å². The summed E-state index contributed by atoms with van der Waals surface area (Å²) >= 11 is 0. The molecule has 0 spiro atoms. The number of piperazine rings is 1. The van der Waals surface area contributed by atoms with Crippen LogP contribution in [0.4, 0.5) is 29.5 Å². The van der Waals surface area contributed by atoms with Gasteiger partial charge < -0.3 is 45.1 Å². The van der Waals surface area contributed by atoms with E-state index in [9.17, 15) is 32.3 Å². The molecule has 0 saturated carbocycles. The maximum absolute atomic E-state index is 13.7. The Morgan fingerprint density at radius 2 is 1.71 bits per heavy atom. The topological polar surface area (TPSA) is 174 Å². The summed E-state index contributed by atoms with van der Waals surface area (Å²) in [6, 6.07) is 12.9. The van der Waals surface area contributed by atoms with E-state index in [1.165, 1.54) is 25.4 Å². The fourth-order valence-electron chi connectivity index (χ4n) is 8.53. The first-order valence-corrected chi connectivity index (χ1v) is 20.8. The molecule has 330 valence electrons. The quantitative estimate of drug-likeness (QED) is 0.130. The average molecular weight is 860 g/mol. The van der Waals surface area contributed by atoms with Crippen molar-refractivity contribution in [3.63, 3.8) is 0 Å². The minimum absolute atomic E-state index is 0.000209. The van der Waals surface area contributed by atoms with Crippen LogP contribution in [0.2, 0.25) is 0 Å². The van der Waals surface area contributed by atoms with Gasteiger partial charge in [0.05, 0.1) is 42.5 Å². The number of halogens is 3. The molecule has 3 aliphatic heterocycles. The third kappa shape index (κ3) is 9.64. The average Bonchev–Trinajstić information content (AvgIpc) is 4.04. The third-order valence-electron chi connectivity index (χ3n) is 11.9. The number of methoxy groups -OCH3 is 1. The number of alkyl halides is 3. The second-order valence-electron chi connectivity index (χ2n) is 16.6. The molecular weight excluding hydrogens is 808 g/mol. The number of rotatable bonds is 11. The Morgan fingerprint density at radius 3 is 2.35 bits per heavy atom. The Kier molecular flexibility index (Phi) is 12.8. The highest BCUT2D eigenvalue weighted by Crippen LogP contribution is 2.37. The molecule has 0 aliphatic carbocycles. The number of anilines is 2. The van der Waals surface area contributed by atoms with Gasteiger partial charge in [-0.05, 0) is 93.5 Å². The van der Waals surface area contributed by atoms with Crippen LogP contribution in [0.15, 0.2) is 67.0 Å². The number of hydrogen-bond acceptors (Lipinski definition) is 10. The van der Waals surface area contributed by atoms with Gasteiger partial charge >= 0.3 is 12.5 Å². The molecule has 3 saturated heterocycles.